The summed E-state index contributed by atoms with van der Waals surface area (Å²) in [6.07, 6.45) is 2.78. The molecule has 0 heterocycles. The lowest BCUT2D eigenvalue weighted by Gasteiger charge is -2.08. The Labute approximate surface area is 111 Å². The predicted octanol–water partition coefficient (Wildman–Crippen LogP) is 1.43. The summed E-state index contributed by atoms with van der Waals surface area (Å²) in [6.45, 7) is 0.455. The van der Waals surface area contributed by atoms with Crippen LogP contribution in [0.25, 0.3) is 0 Å². The maximum absolute atomic E-state index is 11.8. The zero-order valence-electron chi connectivity index (χ0n) is 10.0. The summed E-state index contributed by atoms with van der Waals surface area (Å²) < 4.78 is 25.5. The van der Waals surface area contributed by atoms with Gasteiger partial charge < -0.3 is 5.32 Å². The van der Waals surface area contributed by atoms with E-state index in [1.807, 2.05) is 11.0 Å². The molecular formula is C11H16N2O3S2. The first-order valence-corrected chi connectivity index (χ1v) is 8.28. The monoisotopic (exact) mass is 288 g/mol. The molecule has 0 saturated carbocycles. The molecule has 0 saturated heterocycles. The molecule has 0 aromatic heterocycles. The molecule has 0 aliphatic heterocycles. The topological polar surface area (TPSA) is 75.3 Å². The van der Waals surface area contributed by atoms with E-state index in [0.717, 1.165) is 12.2 Å². The quantitative estimate of drug-likeness (QED) is 0.776. The lowest BCUT2D eigenvalue weighted by atomic mass is 10.4. The van der Waals surface area contributed by atoms with Gasteiger partial charge in [0.1, 0.15) is 0 Å². The Kier molecular flexibility index (Phi) is 6.00. The summed E-state index contributed by atoms with van der Waals surface area (Å²) in [5, 5.41) is 2.50. The van der Waals surface area contributed by atoms with Gasteiger partial charge in [0.25, 0.3) is 10.0 Å². The van der Waals surface area contributed by atoms with Crippen molar-refractivity contribution in [3.8, 4) is 0 Å². The van der Waals surface area contributed by atoms with Crippen LogP contribution >= 0.6 is 11.8 Å². The standard InChI is InChI=1S/C11H16N2O3S2/c1-17-9-5-8-12-11(14)13-18(15,16)10-6-3-2-4-7-10/h2-4,6-7H,5,8-9H2,1H3,(H2,12,13,14). The summed E-state index contributed by atoms with van der Waals surface area (Å²) in [4.78, 5) is 11.5. The Bertz CT molecular complexity index is 474. The third-order valence-corrected chi connectivity index (χ3v) is 4.14. The number of carbonyl (C=O) groups is 1. The van der Waals surface area contributed by atoms with Gasteiger partial charge in [-0.25, -0.2) is 17.9 Å². The molecule has 2 N–H and O–H groups in total. The molecule has 100 valence electrons. The van der Waals surface area contributed by atoms with Gasteiger partial charge in [0.05, 0.1) is 4.90 Å². The van der Waals surface area contributed by atoms with Crippen molar-refractivity contribution < 1.29 is 13.2 Å². The van der Waals surface area contributed by atoms with Crippen LogP contribution in [0.2, 0.25) is 0 Å². The van der Waals surface area contributed by atoms with E-state index in [9.17, 15) is 13.2 Å². The van der Waals surface area contributed by atoms with Crippen molar-refractivity contribution >= 4 is 27.8 Å². The van der Waals surface area contributed by atoms with E-state index in [2.05, 4.69) is 5.32 Å². The number of thioether (sulfide) groups is 1. The molecule has 7 heteroatoms. The van der Waals surface area contributed by atoms with E-state index in [1.165, 1.54) is 12.1 Å². The molecule has 5 nitrogen and oxygen atoms in total. The lowest BCUT2D eigenvalue weighted by molar-refractivity contribution is 0.246. The minimum absolute atomic E-state index is 0.0734. The number of hydrogen-bond donors (Lipinski definition) is 2. The number of hydrogen-bond acceptors (Lipinski definition) is 4. The van der Waals surface area contributed by atoms with Gasteiger partial charge in [-0.15, -0.1) is 0 Å². The van der Waals surface area contributed by atoms with Crippen molar-refractivity contribution in [1.29, 1.82) is 0 Å². The number of carbonyl (C=O) groups excluding carboxylic acids is 1. The molecule has 0 spiro atoms. The van der Waals surface area contributed by atoms with Crippen molar-refractivity contribution in [2.24, 2.45) is 0 Å². The molecular weight excluding hydrogens is 272 g/mol. The average molecular weight is 288 g/mol. The number of nitrogens with one attached hydrogen (secondary N) is 2. The highest BCUT2D eigenvalue weighted by atomic mass is 32.2. The van der Waals surface area contributed by atoms with Gasteiger partial charge in [-0.05, 0) is 30.6 Å². The Hall–Kier alpha value is -1.21. The van der Waals surface area contributed by atoms with E-state index >= 15 is 0 Å². The summed E-state index contributed by atoms with van der Waals surface area (Å²) in [6, 6.07) is 7.09. The zero-order chi connectivity index (χ0) is 13.4. The second kappa shape index (κ2) is 7.27. The fourth-order valence-electron chi connectivity index (χ4n) is 1.24. The van der Waals surface area contributed by atoms with Crippen LogP contribution in [0.5, 0.6) is 0 Å². The molecule has 0 aliphatic rings. The van der Waals surface area contributed by atoms with Crippen molar-refractivity contribution in [2.45, 2.75) is 11.3 Å². The second-order valence-electron chi connectivity index (χ2n) is 3.52. The van der Waals surface area contributed by atoms with Crippen LogP contribution in [0, 0.1) is 0 Å². The number of benzene rings is 1. The number of sulfonamides is 1. The molecule has 0 unspecified atom stereocenters. The maximum Gasteiger partial charge on any atom is 0.328 e. The fraction of sp³-hybridized carbons (Fsp3) is 0.364. The molecule has 0 atom stereocenters. The van der Waals surface area contributed by atoms with Gasteiger partial charge in [0.15, 0.2) is 0 Å². The Balaban J connectivity index is 2.49. The second-order valence-corrected chi connectivity index (χ2v) is 6.19. The maximum atomic E-state index is 11.8. The number of amides is 2. The van der Waals surface area contributed by atoms with Crippen molar-refractivity contribution in [3.05, 3.63) is 30.3 Å². The fourth-order valence-corrected chi connectivity index (χ4v) is 2.62. The third-order valence-electron chi connectivity index (χ3n) is 2.09. The van der Waals surface area contributed by atoms with E-state index in [4.69, 9.17) is 0 Å². The Morgan fingerprint density at radius 1 is 1.28 bits per heavy atom. The largest absolute Gasteiger partial charge is 0.337 e. The average Bonchev–Trinajstić information content (AvgIpc) is 2.35. The first-order valence-electron chi connectivity index (χ1n) is 5.41. The van der Waals surface area contributed by atoms with Crippen LogP contribution in [0.15, 0.2) is 35.2 Å². The molecule has 1 rings (SSSR count). The van der Waals surface area contributed by atoms with Crippen LogP contribution in [-0.4, -0.2) is 33.0 Å². The lowest BCUT2D eigenvalue weighted by Crippen LogP contribution is -2.39. The molecule has 2 amide bonds. The van der Waals surface area contributed by atoms with Gasteiger partial charge >= 0.3 is 6.03 Å². The summed E-state index contributed by atoms with van der Waals surface area (Å²) in [5.74, 6) is 0.922. The third kappa shape index (κ3) is 4.97. The van der Waals surface area contributed by atoms with Crippen LogP contribution in [0.3, 0.4) is 0 Å². The van der Waals surface area contributed by atoms with Crippen molar-refractivity contribution in [1.82, 2.24) is 10.0 Å². The summed E-state index contributed by atoms with van der Waals surface area (Å²) >= 11 is 1.67. The van der Waals surface area contributed by atoms with E-state index in [0.29, 0.717) is 6.54 Å². The van der Waals surface area contributed by atoms with Gasteiger partial charge in [-0.1, -0.05) is 18.2 Å². The van der Waals surface area contributed by atoms with Crippen LogP contribution < -0.4 is 10.0 Å². The van der Waals surface area contributed by atoms with Gasteiger partial charge in [0.2, 0.25) is 0 Å². The molecule has 0 fully saturated rings. The van der Waals surface area contributed by atoms with E-state index in [1.54, 1.807) is 30.0 Å². The van der Waals surface area contributed by atoms with Crippen LogP contribution in [0.4, 0.5) is 4.79 Å². The van der Waals surface area contributed by atoms with Crippen LogP contribution in [-0.2, 0) is 10.0 Å². The van der Waals surface area contributed by atoms with Gasteiger partial charge in [0, 0.05) is 6.54 Å². The van der Waals surface area contributed by atoms with Crippen LogP contribution in [0.1, 0.15) is 6.42 Å². The Morgan fingerprint density at radius 3 is 2.56 bits per heavy atom. The highest BCUT2D eigenvalue weighted by Crippen LogP contribution is 2.06. The van der Waals surface area contributed by atoms with Gasteiger partial charge in [-0.3, -0.25) is 0 Å². The first kappa shape index (κ1) is 14.8. The minimum Gasteiger partial charge on any atom is -0.337 e. The predicted molar refractivity (Wildman–Crippen MR) is 73.2 cm³/mol. The summed E-state index contributed by atoms with van der Waals surface area (Å²) in [7, 11) is -3.77. The zero-order valence-corrected chi connectivity index (χ0v) is 11.7. The molecule has 1 aromatic rings. The number of urea groups is 1. The molecule has 0 radical (unpaired) electrons. The highest BCUT2D eigenvalue weighted by molar-refractivity contribution is 7.98. The molecule has 0 bridgehead atoms. The summed E-state index contributed by atoms with van der Waals surface area (Å²) in [5.41, 5.74) is 0. The van der Waals surface area contributed by atoms with E-state index in [-0.39, 0.29) is 4.90 Å². The smallest absolute Gasteiger partial charge is 0.328 e. The first-order chi connectivity index (χ1) is 8.56. The normalized spacial score (nSPS) is 10.9. The van der Waals surface area contributed by atoms with E-state index < -0.39 is 16.1 Å². The Morgan fingerprint density at radius 2 is 1.94 bits per heavy atom. The van der Waals surface area contributed by atoms with Gasteiger partial charge in [-0.2, -0.15) is 11.8 Å². The van der Waals surface area contributed by atoms with Crippen molar-refractivity contribution in [2.75, 3.05) is 18.6 Å². The molecule has 0 aliphatic carbocycles. The molecule has 18 heavy (non-hydrogen) atoms. The number of rotatable bonds is 6. The minimum atomic E-state index is -3.77. The van der Waals surface area contributed by atoms with Crippen molar-refractivity contribution in [3.63, 3.8) is 0 Å². The SMILES string of the molecule is CSCCCNC(=O)NS(=O)(=O)c1ccccc1. The molecule has 1 aromatic carbocycles. The highest BCUT2D eigenvalue weighted by Gasteiger charge is 2.16.